The summed E-state index contributed by atoms with van der Waals surface area (Å²) in [6.07, 6.45) is 10.5. The van der Waals surface area contributed by atoms with Crippen LogP contribution in [0.3, 0.4) is 0 Å². The van der Waals surface area contributed by atoms with Gasteiger partial charge in [0.1, 0.15) is 11.3 Å². The Balaban J connectivity index is 1.57. The second-order valence-electron chi connectivity index (χ2n) is 4.73. The zero-order chi connectivity index (χ0) is 12.2. The van der Waals surface area contributed by atoms with Crippen LogP contribution in [0, 0.1) is 0 Å². The minimum Gasteiger partial charge on any atom is -0.472 e. The van der Waals surface area contributed by atoms with Gasteiger partial charge in [-0.25, -0.2) is 4.98 Å². The summed E-state index contributed by atoms with van der Waals surface area (Å²) < 4.78 is 5.09. The fraction of sp³-hybridized carbons (Fsp3) is 0.500. The molecule has 4 heteroatoms. The molecule has 0 aromatic carbocycles. The molecule has 0 unspecified atom stereocenters. The number of furan rings is 1. The first-order chi connectivity index (χ1) is 8.92. The molecule has 0 spiro atoms. The van der Waals surface area contributed by atoms with Crippen LogP contribution in [-0.4, -0.2) is 10.2 Å². The first-order valence-corrected chi connectivity index (χ1v) is 8.43. The van der Waals surface area contributed by atoms with E-state index in [1.54, 1.807) is 23.9 Å². The van der Waals surface area contributed by atoms with Gasteiger partial charge >= 0.3 is 0 Å². The maximum absolute atomic E-state index is 5.09. The average molecular weight is 279 g/mol. The highest BCUT2D eigenvalue weighted by Gasteiger charge is 2.14. The summed E-state index contributed by atoms with van der Waals surface area (Å²) in [6, 6.07) is 1.97. The van der Waals surface area contributed by atoms with E-state index in [1.165, 1.54) is 37.8 Å². The third-order valence-electron chi connectivity index (χ3n) is 3.34. The molecule has 3 rings (SSSR count). The zero-order valence-corrected chi connectivity index (χ0v) is 11.9. The monoisotopic (exact) mass is 279 g/mol. The van der Waals surface area contributed by atoms with Crippen LogP contribution < -0.4 is 0 Å². The van der Waals surface area contributed by atoms with Gasteiger partial charge in [-0.05, 0) is 18.9 Å². The molecule has 2 aromatic rings. The molecule has 96 valence electrons. The highest BCUT2D eigenvalue weighted by atomic mass is 32.2. The number of aromatic nitrogens is 1. The van der Waals surface area contributed by atoms with Crippen molar-refractivity contribution in [1.29, 1.82) is 0 Å². The maximum atomic E-state index is 5.09. The van der Waals surface area contributed by atoms with Crippen molar-refractivity contribution >= 4 is 23.1 Å². The fourth-order valence-electron chi connectivity index (χ4n) is 2.33. The Hall–Kier alpha value is -0.740. The Bertz CT molecular complexity index is 472. The van der Waals surface area contributed by atoms with Crippen LogP contribution in [-0.2, 0) is 5.75 Å². The lowest BCUT2D eigenvalue weighted by molar-refractivity contribution is 0.516. The van der Waals surface area contributed by atoms with E-state index in [0.29, 0.717) is 0 Å². The van der Waals surface area contributed by atoms with Gasteiger partial charge in [-0.1, -0.05) is 19.3 Å². The first-order valence-electron chi connectivity index (χ1n) is 6.50. The molecule has 1 fully saturated rings. The summed E-state index contributed by atoms with van der Waals surface area (Å²) in [6.45, 7) is 0. The van der Waals surface area contributed by atoms with Crippen LogP contribution in [0.2, 0.25) is 0 Å². The number of thioether (sulfide) groups is 1. The van der Waals surface area contributed by atoms with E-state index in [-0.39, 0.29) is 0 Å². The lowest BCUT2D eigenvalue weighted by Gasteiger charge is -2.20. The van der Waals surface area contributed by atoms with E-state index in [1.807, 2.05) is 6.07 Å². The van der Waals surface area contributed by atoms with Crippen LogP contribution in [0.4, 0.5) is 0 Å². The van der Waals surface area contributed by atoms with E-state index in [9.17, 15) is 0 Å². The predicted molar refractivity (Wildman–Crippen MR) is 78.0 cm³/mol. The van der Waals surface area contributed by atoms with Crippen molar-refractivity contribution in [3.05, 3.63) is 29.7 Å². The SMILES string of the molecule is c1cc(-c2nc(CSC3CCCCC3)cs2)co1. The van der Waals surface area contributed by atoms with Gasteiger partial charge in [0.15, 0.2) is 0 Å². The van der Waals surface area contributed by atoms with Gasteiger partial charge in [0.2, 0.25) is 0 Å². The summed E-state index contributed by atoms with van der Waals surface area (Å²) >= 11 is 3.79. The molecule has 2 heterocycles. The lowest BCUT2D eigenvalue weighted by Crippen LogP contribution is -2.08. The fourth-order valence-corrected chi connectivity index (χ4v) is 4.46. The predicted octanol–water partition coefficient (Wildman–Crippen LogP) is 4.97. The molecule has 18 heavy (non-hydrogen) atoms. The molecule has 0 atom stereocenters. The molecular formula is C14H17NOS2. The van der Waals surface area contributed by atoms with Gasteiger partial charge in [0.05, 0.1) is 12.0 Å². The minimum atomic E-state index is 0.859. The molecule has 2 aromatic heterocycles. The van der Waals surface area contributed by atoms with Crippen LogP contribution >= 0.6 is 23.1 Å². The Morgan fingerprint density at radius 2 is 2.22 bits per heavy atom. The molecule has 1 aliphatic carbocycles. The van der Waals surface area contributed by atoms with Crippen LogP contribution in [0.15, 0.2) is 28.4 Å². The number of rotatable bonds is 4. The van der Waals surface area contributed by atoms with Crippen molar-refractivity contribution in [3.8, 4) is 10.6 Å². The Morgan fingerprint density at radius 1 is 1.33 bits per heavy atom. The second kappa shape index (κ2) is 5.93. The van der Waals surface area contributed by atoms with Gasteiger partial charge < -0.3 is 4.42 Å². The van der Waals surface area contributed by atoms with E-state index in [0.717, 1.165) is 21.6 Å². The molecule has 0 aliphatic heterocycles. The Labute approximate surface area is 116 Å². The van der Waals surface area contributed by atoms with Crippen molar-refractivity contribution in [2.45, 2.75) is 43.1 Å². The normalized spacial score (nSPS) is 17.1. The Kier molecular flexibility index (Phi) is 4.06. The van der Waals surface area contributed by atoms with Crippen LogP contribution in [0.1, 0.15) is 37.8 Å². The quantitative estimate of drug-likeness (QED) is 0.790. The highest BCUT2D eigenvalue weighted by Crippen LogP contribution is 2.32. The molecule has 0 bridgehead atoms. The van der Waals surface area contributed by atoms with Crippen molar-refractivity contribution < 1.29 is 4.42 Å². The molecule has 0 N–H and O–H groups in total. The van der Waals surface area contributed by atoms with Gasteiger partial charge in [-0.3, -0.25) is 0 Å². The molecule has 1 saturated carbocycles. The lowest BCUT2D eigenvalue weighted by atomic mass is 10.0. The van der Waals surface area contributed by atoms with Crippen molar-refractivity contribution in [2.24, 2.45) is 0 Å². The number of thiazole rings is 1. The highest BCUT2D eigenvalue weighted by molar-refractivity contribution is 7.99. The third-order valence-corrected chi connectivity index (χ3v) is 5.68. The summed E-state index contributed by atoms with van der Waals surface area (Å²) in [5.74, 6) is 1.05. The molecule has 0 amide bonds. The van der Waals surface area contributed by atoms with Gasteiger partial charge in [-0.15, -0.1) is 11.3 Å². The third kappa shape index (κ3) is 2.98. The Morgan fingerprint density at radius 3 is 3.00 bits per heavy atom. The second-order valence-corrected chi connectivity index (χ2v) is 6.87. The first kappa shape index (κ1) is 12.3. The van der Waals surface area contributed by atoms with Crippen molar-refractivity contribution in [1.82, 2.24) is 4.98 Å². The van der Waals surface area contributed by atoms with E-state index in [2.05, 4.69) is 22.1 Å². The molecule has 2 nitrogen and oxygen atoms in total. The molecule has 1 aliphatic rings. The van der Waals surface area contributed by atoms with E-state index in [4.69, 9.17) is 4.42 Å². The standard InChI is InChI=1S/C14H17NOS2/c1-2-4-13(5-3-1)17-9-12-10-18-14(15-12)11-6-7-16-8-11/h6-8,10,13H,1-5,9H2. The van der Waals surface area contributed by atoms with Gasteiger partial charge in [-0.2, -0.15) is 11.8 Å². The molecular weight excluding hydrogens is 262 g/mol. The topological polar surface area (TPSA) is 26.0 Å². The number of hydrogen-bond acceptors (Lipinski definition) is 4. The summed E-state index contributed by atoms with van der Waals surface area (Å²) in [4.78, 5) is 4.67. The zero-order valence-electron chi connectivity index (χ0n) is 10.3. The summed E-state index contributed by atoms with van der Waals surface area (Å²) in [5.41, 5.74) is 2.31. The average Bonchev–Trinajstić information content (AvgIpc) is 3.08. The van der Waals surface area contributed by atoms with Gasteiger partial charge in [0.25, 0.3) is 0 Å². The number of nitrogens with zero attached hydrogens (tertiary/aromatic N) is 1. The smallest absolute Gasteiger partial charge is 0.126 e. The maximum Gasteiger partial charge on any atom is 0.126 e. The summed E-state index contributed by atoms with van der Waals surface area (Å²) in [7, 11) is 0. The van der Waals surface area contributed by atoms with Crippen molar-refractivity contribution in [2.75, 3.05) is 0 Å². The van der Waals surface area contributed by atoms with Crippen LogP contribution in [0.5, 0.6) is 0 Å². The van der Waals surface area contributed by atoms with E-state index >= 15 is 0 Å². The molecule has 0 saturated heterocycles. The van der Waals surface area contributed by atoms with Crippen molar-refractivity contribution in [3.63, 3.8) is 0 Å². The van der Waals surface area contributed by atoms with Crippen LogP contribution in [0.25, 0.3) is 10.6 Å². The minimum absolute atomic E-state index is 0.859. The van der Waals surface area contributed by atoms with Gasteiger partial charge in [0, 0.05) is 21.9 Å². The molecule has 0 radical (unpaired) electrons. The summed E-state index contributed by atoms with van der Waals surface area (Å²) in [5, 5.41) is 4.11. The van der Waals surface area contributed by atoms with E-state index < -0.39 is 0 Å². The largest absolute Gasteiger partial charge is 0.472 e. The number of hydrogen-bond donors (Lipinski definition) is 0.